The first-order valence-corrected chi connectivity index (χ1v) is 3.07. The van der Waals surface area contributed by atoms with Gasteiger partial charge in [-0.15, -0.1) is 0 Å². The largest absolute Gasteiger partial charge is 0.394 e. The summed E-state index contributed by atoms with van der Waals surface area (Å²) in [5.41, 5.74) is -1.09. The van der Waals surface area contributed by atoms with Gasteiger partial charge in [0.1, 0.15) is 5.54 Å². The van der Waals surface area contributed by atoms with Gasteiger partial charge in [0.2, 0.25) is 0 Å². The Hall–Kier alpha value is -0.450. The first-order valence-electron chi connectivity index (χ1n) is 3.07. The third kappa shape index (κ3) is 2.06. The minimum absolute atomic E-state index is 0.343. The van der Waals surface area contributed by atoms with Crippen LogP contribution in [0.3, 0.4) is 0 Å². The van der Waals surface area contributed by atoms with E-state index in [0.29, 0.717) is 0 Å². The van der Waals surface area contributed by atoms with Gasteiger partial charge >= 0.3 is 0 Å². The summed E-state index contributed by atoms with van der Waals surface area (Å²) in [6.07, 6.45) is 1.45. The van der Waals surface area contributed by atoms with Crippen LogP contribution in [0.4, 0.5) is 0 Å². The molecule has 10 heavy (non-hydrogen) atoms. The number of hydrogen-bond acceptors (Lipinski definition) is 4. The summed E-state index contributed by atoms with van der Waals surface area (Å²) >= 11 is 0. The van der Waals surface area contributed by atoms with Crippen LogP contribution in [0, 0.1) is 0 Å². The second-order valence-electron chi connectivity index (χ2n) is 2.09. The summed E-state index contributed by atoms with van der Waals surface area (Å²) in [4.78, 5) is 3.74. The number of aliphatic hydroxyl groups is 3. The Kier molecular flexibility index (Phi) is 4.18. The Morgan fingerprint density at radius 1 is 1.20 bits per heavy atom. The molecule has 0 fully saturated rings. The van der Waals surface area contributed by atoms with Gasteiger partial charge < -0.3 is 15.3 Å². The van der Waals surface area contributed by atoms with Crippen LogP contribution in [-0.4, -0.2) is 46.9 Å². The maximum absolute atomic E-state index is 8.67. The van der Waals surface area contributed by atoms with E-state index >= 15 is 0 Å². The number of nitrogens with zero attached hydrogens (tertiary/aromatic N) is 1. The van der Waals surface area contributed by atoms with Gasteiger partial charge in [-0.1, -0.05) is 0 Å². The molecule has 0 rings (SSSR count). The average Bonchev–Trinajstić information content (AvgIpc) is 2.01. The van der Waals surface area contributed by atoms with Crippen molar-refractivity contribution in [2.45, 2.75) is 12.5 Å². The third-order valence-electron chi connectivity index (χ3n) is 1.29. The second-order valence-corrected chi connectivity index (χ2v) is 2.09. The number of aliphatic imine (C=N–C) groups is 1. The zero-order chi connectivity index (χ0) is 8.04. The minimum Gasteiger partial charge on any atom is -0.394 e. The predicted molar refractivity (Wildman–Crippen MR) is 38.2 cm³/mol. The number of rotatable bonds is 4. The molecule has 0 spiro atoms. The van der Waals surface area contributed by atoms with Gasteiger partial charge in [0.15, 0.2) is 0 Å². The van der Waals surface area contributed by atoms with E-state index in [9.17, 15) is 0 Å². The Morgan fingerprint density at radius 2 is 1.60 bits per heavy atom. The first-order chi connectivity index (χ1) is 4.74. The topological polar surface area (TPSA) is 73.1 Å². The standard InChI is InChI=1S/C6H13NO3/c1-2-7-6(3-8,4-9)5-10/h2,8-10H,3-5H2,1H3. The molecule has 0 aromatic carbocycles. The quantitative estimate of drug-likeness (QED) is 0.437. The van der Waals surface area contributed by atoms with Crippen LogP contribution in [0.1, 0.15) is 6.92 Å². The van der Waals surface area contributed by atoms with Gasteiger partial charge in [-0.05, 0) is 13.1 Å². The van der Waals surface area contributed by atoms with Crippen molar-refractivity contribution in [1.82, 2.24) is 0 Å². The van der Waals surface area contributed by atoms with Crippen molar-refractivity contribution in [2.75, 3.05) is 19.8 Å². The molecule has 0 saturated carbocycles. The second kappa shape index (κ2) is 4.38. The van der Waals surface area contributed by atoms with Gasteiger partial charge in [-0.3, -0.25) is 4.99 Å². The summed E-state index contributed by atoms with van der Waals surface area (Å²) in [6.45, 7) is 0.634. The van der Waals surface area contributed by atoms with Crippen molar-refractivity contribution in [1.29, 1.82) is 0 Å². The van der Waals surface area contributed by atoms with Crippen LogP contribution >= 0.6 is 0 Å². The van der Waals surface area contributed by atoms with Crippen molar-refractivity contribution >= 4 is 6.21 Å². The summed E-state index contributed by atoms with van der Waals surface area (Å²) in [5.74, 6) is 0. The zero-order valence-corrected chi connectivity index (χ0v) is 5.99. The lowest BCUT2D eigenvalue weighted by Gasteiger charge is -2.21. The summed E-state index contributed by atoms with van der Waals surface area (Å²) < 4.78 is 0. The molecule has 0 saturated heterocycles. The Morgan fingerprint density at radius 3 is 1.70 bits per heavy atom. The molecule has 0 aliphatic heterocycles. The van der Waals surface area contributed by atoms with E-state index in [1.165, 1.54) is 6.21 Å². The SMILES string of the molecule is CC=NC(CO)(CO)CO. The highest BCUT2D eigenvalue weighted by atomic mass is 16.3. The lowest BCUT2D eigenvalue weighted by Crippen LogP contribution is -2.39. The first kappa shape index (κ1) is 9.55. The molecule has 0 atom stereocenters. The maximum atomic E-state index is 8.67. The molecule has 0 aromatic rings. The molecule has 0 aliphatic carbocycles. The highest BCUT2D eigenvalue weighted by Gasteiger charge is 2.25. The molecule has 0 heterocycles. The third-order valence-corrected chi connectivity index (χ3v) is 1.29. The lowest BCUT2D eigenvalue weighted by atomic mass is 10.1. The van der Waals surface area contributed by atoms with Crippen molar-refractivity contribution < 1.29 is 15.3 Å². The van der Waals surface area contributed by atoms with Gasteiger partial charge in [-0.25, -0.2) is 0 Å². The number of aliphatic hydroxyl groups excluding tert-OH is 3. The van der Waals surface area contributed by atoms with Crippen LogP contribution in [0.25, 0.3) is 0 Å². The Labute approximate surface area is 59.8 Å². The molecule has 4 heteroatoms. The van der Waals surface area contributed by atoms with E-state index < -0.39 is 5.54 Å². The summed E-state index contributed by atoms with van der Waals surface area (Å²) in [6, 6.07) is 0. The molecular weight excluding hydrogens is 134 g/mol. The minimum atomic E-state index is -1.09. The van der Waals surface area contributed by atoms with Crippen molar-refractivity contribution in [3.05, 3.63) is 0 Å². The smallest absolute Gasteiger partial charge is 0.129 e. The maximum Gasteiger partial charge on any atom is 0.129 e. The summed E-state index contributed by atoms with van der Waals surface area (Å²) in [5, 5.41) is 26.0. The molecule has 0 radical (unpaired) electrons. The zero-order valence-electron chi connectivity index (χ0n) is 5.99. The molecule has 3 N–H and O–H groups in total. The molecular formula is C6H13NO3. The average molecular weight is 147 g/mol. The monoisotopic (exact) mass is 147 g/mol. The summed E-state index contributed by atoms with van der Waals surface area (Å²) in [7, 11) is 0. The van der Waals surface area contributed by atoms with Crippen LogP contribution in [0.15, 0.2) is 4.99 Å². The van der Waals surface area contributed by atoms with Crippen molar-refractivity contribution in [3.8, 4) is 0 Å². The predicted octanol–water partition coefficient (Wildman–Crippen LogP) is -1.21. The fourth-order valence-corrected chi connectivity index (χ4v) is 0.546. The van der Waals surface area contributed by atoms with Gasteiger partial charge in [-0.2, -0.15) is 0 Å². The number of hydrogen-bond donors (Lipinski definition) is 3. The van der Waals surface area contributed by atoms with Crippen molar-refractivity contribution in [2.24, 2.45) is 4.99 Å². The van der Waals surface area contributed by atoms with Crippen LogP contribution in [0.2, 0.25) is 0 Å². The molecule has 0 bridgehead atoms. The van der Waals surface area contributed by atoms with E-state index in [-0.39, 0.29) is 19.8 Å². The molecule has 0 unspecified atom stereocenters. The van der Waals surface area contributed by atoms with E-state index in [1.54, 1.807) is 6.92 Å². The molecule has 0 aromatic heterocycles. The van der Waals surface area contributed by atoms with Crippen LogP contribution < -0.4 is 0 Å². The molecule has 0 amide bonds. The Bertz CT molecular complexity index is 101. The van der Waals surface area contributed by atoms with Gasteiger partial charge in [0.05, 0.1) is 19.8 Å². The van der Waals surface area contributed by atoms with Crippen LogP contribution in [-0.2, 0) is 0 Å². The Balaban J connectivity index is 4.15. The van der Waals surface area contributed by atoms with Gasteiger partial charge in [0, 0.05) is 0 Å². The molecule has 4 nitrogen and oxygen atoms in total. The highest BCUT2D eigenvalue weighted by Crippen LogP contribution is 2.06. The van der Waals surface area contributed by atoms with E-state index in [0.717, 1.165) is 0 Å². The van der Waals surface area contributed by atoms with Gasteiger partial charge in [0.25, 0.3) is 0 Å². The molecule has 0 aliphatic rings. The lowest BCUT2D eigenvalue weighted by molar-refractivity contribution is 0.0718. The fraction of sp³-hybridized carbons (Fsp3) is 0.833. The van der Waals surface area contributed by atoms with Crippen molar-refractivity contribution in [3.63, 3.8) is 0 Å². The highest BCUT2D eigenvalue weighted by molar-refractivity contribution is 5.54. The van der Waals surface area contributed by atoms with E-state index in [4.69, 9.17) is 15.3 Å². The van der Waals surface area contributed by atoms with E-state index in [1.807, 2.05) is 0 Å². The fourth-order valence-electron chi connectivity index (χ4n) is 0.546. The van der Waals surface area contributed by atoms with E-state index in [2.05, 4.69) is 4.99 Å². The van der Waals surface area contributed by atoms with Crippen LogP contribution in [0.5, 0.6) is 0 Å². The molecule has 60 valence electrons. The normalized spacial score (nSPS) is 12.8.